The summed E-state index contributed by atoms with van der Waals surface area (Å²) in [6.45, 7) is 0.139. The highest BCUT2D eigenvalue weighted by Gasteiger charge is 2.38. The molecule has 0 bridgehead atoms. The zero-order valence-electron chi connectivity index (χ0n) is 14.4. The van der Waals surface area contributed by atoms with Crippen molar-refractivity contribution in [2.24, 2.45) is 5.92 Å². The van der Waals surface area contributed by atoms with Crippen molar-refractivity contribution in [3.63, 3.8) is 0 Å². The first-order chi connectivity index (χ1) is 12.0. The SMILES string of the molecule is CNC(=O)C1CCC(C(=O)O)N(C(=O)c2ccc(C3CCC3)cc2)C1. The lowest BCUT2D eigenvalue weighted by Crippen LogP contribution is -2.53. The smallest absolute Gasteiger partial charge is 0.326 e. The Morgan fingerprint density at radius 3 is 2.28 bits per heavy atom. The van der Waals surface area contributed by atoms with Gasteiger partial charge in [-0.2, -0.15) is 0 Å². The number of piperidine rings is 1. The molecule has 1 aromatic rings. The van der Waals surface area contributed by atoms with Gasteiger partial charge in [0.1, 0.15) is 6.04 Å². The summed E-state index contributed by atoms with van der Waals surface area (Å²) in [5.41, 5.74) is 1.71. The maximum Gasteiger partial charge on any atom is 0.326 e. The van der Waals surface area contributed by atoms with Crippen LogP contribution in [0, 0.1) is 5.92 Å². The van der Waals surface area contributed by atoms with Crippen molar-refractivity contribution in [1.29, 1.82) is 0 Å². The van der Waals surface area contributed by atoms with Crippen molar-refractivity contribution < 1.29 is 19.5 Å². The van der Waals surface area contributed by atoms with Crippen molar-refractivity contribution in [3.8, 4) is 0 Å². The van der Waals surface area contributed by atoms with E-state index in [1.54, 1.807) is 19.2 Å². The highest BCUT2D eigenvalue weighted by molar-refractivity contribution is 5.97. The Morgan fingerprint density at radius 2 is 1.76 bits per heavy atom. The Balaban J connectivity index is 1.78. The second-order valence-electron chi connectivity index (χ2n) is 6.95. The lowest BCUT2D eigenvalue weighted by Gasteiger charge is -2.37. The third kappa shape index (κ3) is 3.52. The predicted octanol–water partition coefficient (Wildman–Crippen LogP) is 2.01. The normalized spacial score (nSPS) is 23.6. The Bertz CT molecular complexity index is 667. The molecule has 2 unspecified atom stereocenters. The van der Waals surface area contributed by atoms with E-state index in [2.05, 4.69) is 5.32 Å². The highest BCUT2D eigenvalue weighted by Crippen LogP contribution is 2.36. The summed E-state index contributed by atoms with van der Waals surface area (Å²) in [6, 6.07) is 6.61. The largest absolute Gasteiger partial charge is 0.480 e. The molecule has 134 valence electrons. The molecule has 2 N–H and O–H groups in total. The maximum absolute atomic E-state index is 12.9. The molecule has 1 aliphatic heterocycles. The number of hydrogen-bond acceptors (Lipinski definition) is 3. The summed E-state index contributed by atoms with van der Waals surface area (Å²) >= 11 is 0. The molecular weight excluding hydrogens is 320 g/mol. The Labute approximate surface area is 147 Å². The van der Waals surface area contributed by atoms with Crippen LogP contribution in [0.3, 0.4) is 0 Å². The number of nitrogens with zero attached hydrogens (tertiary/aromatic N) is 1. The molecule has 0 spiro atoms. The third-order valence-electron chi connectivity index (χ3n) is 5.48. The number of hydrogen-bond donors (Lipinski definition) is 2. The number of likely N-dealkylation sites (tertiary alicyclic amines) is 1. The fraction of sp³-hybridized carbons (Fsp3) is 0.526. The summed E-state index contributed by atoms with van der Waals surface area (Å²) in [5.74, 6) is -1.26. The second-order valence-corrected chi connectivity index (χ2v) is 6.95. The first-order valence-corrected chi connectivity index (χ1v) is 8.86. The average Bonchev–Trinajstić information content (AvgIpc) is 2.59. The molecule has 6 heteroatoms. The van der Waals surface area contributed by atoms with Crippen molar-refractivity contribution >= 4 is 17.8 Å². The highest BCUT2D eigenvalue weighted by atomic mass is 16.4. The molecule has 1 saturated heterocycles. The summed E-state index contributed by atoms with van der Waals surface area (Å²) in [5, 5.41) is 12.0. The molecule has 0 radical (unpaired) electrons. The fourth-order valence-electron chi connectivity index (χ4n) is 3.68. The molecule has 3 rings (SSSR count). The van der Waals surface area contributed by atoms with Gasteiger partial charge in [0.05, 0.1) is 5.92 Å². The minimum absolute atomic E-state index is 0.139. The van der Waals surface area contributed by atoms with E-state index in [0.29, 0.717) is 24.3 Å². The lowest BCUT2D eigenvalue weighted by atomic mass is 9.80. The number of amides is 2. The standard InChI is InChI=1S/C19H24N2O4/c1-20-17(22)15-9-10-16(19(24)25)21(11-15)18(23)14-7-5-13(6-8-14)12-3-2-4-12/h5-8,12,15-16H,2-4,9-11H2,1H3,(H,20,22)(H,24,25). The second kappa shape index (κ2) is 7.25. The number of carboxylic acids is 1. The van der Waals surface area contributed by atoms with Gasteiger partial charge in [0.2, 0.25) is 5.91 Å². The van der Waals surface area contributed by atoms with Crippen LogP contribution in [0.15, 0.2) is 24.3 Å². The van der Waals surface area contributed by atoms with Crippen LogP contribution < -0.4 is 5.32 Å². The van der Waals surface area contributed by atoms with E-state index >= 15 is 0 Å². The number of carbonyl (C=O) groups is 3. The van der Waals surface area contributed by atoms with Crippen LogP contribution in [0.25, 0.3) is 0 Å². The Kier molecular flexibility index (Phi) is 5.06. The van der Waals surface area contributed by atoms with E-state index in [0.717, 1.165) is 0 Å². The first-order valence-electron chi connectivity index (χ1n) is 8.86. The topological polar surface area (TPSA) is 86.7 Å². The van der Waals surface area contributed by atoms with Gasteiger partial charge in [0, 0.05) is 19.2 Å². The summed E-state index contributed by atoms with van der Waals surface area (Å²) in [6.07, 6.45) is 4.39. The number of aliphatic carboxylic acids is 1. The van der Waals surface area contributed by atoms with Gasteiger partial charge in [0.25, 0.3) is 5.91 Å². The minimum atomic E-state index is -1.02. The monoisotopic (exact) mass is 344 g/mol. The van der Waals surface area contributed by atoms with Gasteiger partial charge in [0.15, 0.2) is 0 Å². The van der Waals surface area contributed by atoms with E-state index in [9.17, 15) is 19.5 Å². The number of rotatable bonds is 4. The molecule has 2 atom stereocenters. The number of carbonyl (C=O) groups excluding carboxylic acids is 2. The van der Waals surface area contributed by atoms with Crippen LogP contribution in [-0.2, 0) is 9.59 Å². The maximum atomic E-state index is 12.9. The molecular formula is C19H24N2O4. The van der Waals surface area contributed by atoms with Gasteiger partial charge in [-0.15, -0.1) is 0 Å². The van der Waals surface area contributed by atoms with Crippen LogP contribution in [0.4, 0.5) is 0 Å². The first kappa shape index (κ1) is 17.5. The average molecular weight is 344 g/mol. The van der Waals surface area contributed by atoms with Gasteiger partial charge >= 0.3 is 5.97 Å². The third-order valence-corrected chi connectivity index (χ3v) is 5.48. The lowest BCUT2D eigenvalue weighted by molar-refractivity contribution is -0.145. The van der Waals surface area contributed by atoms with Crippen molar-refractivity contribution in [3.05, 3.63) is 35.4 Å². The summed E-state index contributed by atoms with van der Waals surface area (Å²) in [4.78, 5) is 37.7. The van der Waals surface area contributed by atoms with E-state index in [1.807, 2.05) is 12.1 Å². The Morgan fingerprint density at radius 1 is 1.08 bits per heavy atom. The molecule has 0 aromatic heterocycles. The van der Waals surface area contributed by atoms with Gasteiger partial charge in [-0.3, -0.25) is 9.59 Å². The molecule has 1 aliphatic carbocycles. The van der Waals surface area contributed by atoms with Crippen molar-refractivity contribution in [2.75, 3.05) is 13.6 Å². The molecule has 1 saturated carbocycles. The van der Waals surface area contributed by atoms with Crippen LogP contribution in [0.5, 0.6) is 0 Å². The molecule has 2 aliphatic rings. The van der Waals surface area contributed by atoms with Gasteiger partial charge in [-0.25, -0.2) is 4.79 Å². The van der Waals surface area contributed by atoms with Crippen LogP contribution in [-0.4, -0.2) is 47.4 Å². The number of carboxylic acid groups (broad SMARTS) is 1. The predicted molar refractivity (Wildman–Crippen MR) is 92.3 cm³/mol. The van der Waals surface area contributed by atoms with Crippen LogP contribution in [0.1, 0.15) is 53.9 Å². The minimum Gasteiger partial charge on any atom is -0.480 e. The zero-order chi connectivity index (χ0) is 18.0. The van der Waals surface area contributed by atoms with E-state index in [-0.39, 0.29) is 24.3 Å². The van der Waals surface area contributed by atoms with Gasteiger partial charge in [-0.05, 0) is 49.3 Å². The van der Waals surface area contributed by atoms with Crippen LogP contribution in [0.2, 0.25) is 0 Å². The molecule has 1 heterocycles. The molecule has 6 nitrogen and oxygen atoms in total. The molecule has 1 aromatic carbocycles. The van der Waals surface area contributed by atoms with Crippen LogP contribution >= 0.6 is 0 Å². The molecule has 25 heavy (non-hydrogen) atoms. The summed E-state index contributed by atoms with van der Waals surface area (Å²) < 4.78 is 0. The zero-order valence-corrected chi connectivity index (χ0v) is 14.4. The van der Waals surface area contributed by atoms with E-state index in [1.165, 1.54) is 29.7 Å². The number of nitrogens with one attached hydrogen (secondary N) is 1. The van der Waals surface area contributed by atoms with E-state index < -0.39 is 12.0 Å². The molecule has 2 amide bonds. The van der Waals surface area contributed by atoms with Crippen molar-refractivity contribution in [1.82, 2.24) is 10.2 Å². The fourth-order valence-corrected chi connectivity index (χ4v) is 3.68. The van der Waals surface area contributed by atoms with Gasteiger partial charge in [-0.1, -0.05) is 18.6 Å². The van der Waals surface area contributed by atoms with Gasteiger partial charge < -0.3 is 15.3 Å². The summed E-state index contributed by atoms with van der Waals surface area (Å²) in [7, 11) is 1.55. The quantitative estimate of drug-likeness (QED) is 0.875. The number of benzene rings is 1. The van der Waals surface area contributed by atoms with Crippen molar-refractivity contribution in [2.45, 2.75) is 44.1 Å². The molecule has 2 fully saturated rings. The van der Waals surface area contributed by atoms with E-state index in [4.69, 9.17) is 0 Å². The Hall–Kier alpha value is -2.37.